The van der Waals surface area contributed by atoms with Gasteiger partial charge in [-0.3, -0.25) is 29.2 Å². The molecule has 1 rings (SSSR count). The van der Waals surface area contributed by atoms with Gasteiger partial charge in [0, 0.05) is 19.6 Å². The lowest BCUT2D eigenvalue weighted by atomic mass is 10.1. The van der Waals surface area contributed by atoms with Crippen molar-refractivity contribution < 1.29 is 24.3 Å². The number of nitrogens with two attached hydrogens (primary N) is 5. The van der Waals surface area contributed by atoms with E-state index in [-0.39, 0.29) is 30.8 Å². The van der Waals surface area contributed by atoms with Crippen LogP contribution in [0.1, 0.15) is 45.4 Å². The van der Waals surface area contributed by atoms with Crippen molar-refractivity contribution in [3.05, 3.63) is 0 Å². The standard InChI is InChI=1S/C20H38N10O5/c1-11(18(34)35)28-15(31)13(6-3-9-27-20(24)25)29-16(32)14-7-4-10-30(14)17(33)12(21)5-2-8-26-19(22)23/h11-14H,2-10,21H2,1H3,(H,28,31)(H,29,32)(H,34,35)(H4,22,23,26)(H4,24,25,27). The summed E-state index contributed by atoms with van der Waals surface area (Å²) in [5.41, 5.74) is 27.2. The summed E-state index contributed by atoms with van der Waals surface area (Å²) >= 11 is 0. The molecule has 1 aliphatic heterocycles. The number of rotatable bonds is 14. The Hall–Kier alpha value is -3.62. The zero-order chi connectivity index (χ0) is 26.5. The Kier molecular flexibility index (Phi) is 12.3. The van der Waals surface area contributed by atoms with E-state index in [9.17, 15) is 19.2 Å². The van der Waals surface area contributed by atoms with Crippen molar-refractivity contribution >= 4 is 35.6 Å². The summed E-state index contributed by atoms with van der Waals surface area (Å²) < 4.78 is 0. The lowest BCUT2D eigenvalue weighted by Gasteiger charge is -2.28. The summed E-state index contributed by atoms with van der Waals surface area (Å²) in [6.07, 6.45) is 2.35. The molecular weight excluding hydrogens is 460 g/mol. The Morgan fingerprint density at radius 3 is 2.11 bits per heavy atom. The summed E-state index contributed by atoms with van der Waals surface area (Å²) in [6, 6.07) is -3.81. The molecule has 4 unspecified atom stereocenters. The SMILES string of the molecule is CC(NC(=O)C(CCCN=C(N)N)NC(=O)C1CCCN1C(=O)C(N)CCCN=C(N)N)C(=O)O. The number of likely N-dealkylation sites (tertiary alicyclic amines) is 1. The Morgan fingerprint density at radius 2 is 1.57 bits per heavy atom. The number of guanidine groups is 2. The maximum atomic E-state index is 13.0. The van der Waals surface area contributed by atoms with Gasteiger partial charge in [-0.1, -0.05) is 0 Å². The van der Waals surface area contributed by atoms with Crippen LogP contribution in [0.15, 0.2) is 9.98 Å². The molecule has 1 saturated heterocycles. The number of carboxylic acids is 1. The fraction of sp³-hybridized carbons (Fsp3) is 0.700. The molecule has 0 radical (unpaired) electrons. The summed E-state index contributed by atoms with van der Waals surface area (Å²) in [4.78, 5) is 58.8. The Morgan fingerprint density at radius 1 is 1.00 bits per heavy atom. The Labute approximate surface area is 203 Å². The molecule has 4 atom stereocenters. The van der Waals surface area contributed by atoms with Crippen molar-refractivity contribution in [2.45, 2.75) is 69.6 Å². The Bertz CT molecular complexity index is 810. The fourth-order valence-corrected chi connectivity index (χ4v) is 3.57. The van der Waals surface area contributed by atoms with Crippen LogP contribution in [0.2, 0.25) is 0 Å². The average molecular weight is 499 g/mol. The summed E-state index contributed by atoms with van der Waals surface area (Å²) in [5.74, 6) is -2.93. The van der Waals surface area contributed by atoms with E-state index < -0.39 is 42.0 Å². The van der Waals surface area contributed by atoms with Gasteiger partial charge in [-0.15, -0.1) is 0 Å². The molecule has 0 aromatic heterocycles. The van der Waals surface area contributed by atoms with Crippen molar-refractivity contribution in [1.29, 1.82) is 0 Å². The number of carbonyl (C=O) groups is 4. The van der Waals surface area contributed by atoms with Crippen LogP contribution in [0.25, 0.3) is 0 Å². The third-order valence-corrected chi connectivity index (χ3v) is 5.43. The number of aliphatic imine (C=N–C) groups is 2. The minimum Gasteiger partial charge on any atom is -0.480 e. The third kappa shape index (κ3) is 10.5. The van der Waals surface area contributed by atoms with E-state index in [4.69, 9.17) is 33.8 Å². The molecule has 0 aromatic carbocycles. The molecule has 1 heterocycles. The van der Waals surface area contributed by atoms with Crippen LogP contribution < -0.4 is 39.3 Å². The first kappa shape index (κ1) is 29.4. The molecule has 1 aliphatic rings. The smallest absolute Gasteiger partial charge is 0.325 e. The monoisotopic (exact) mass is 498 g/mol. The normalized spacial score (nSPS) is 17.5. The maximum Gasteiger partial charge on any atom is 0.325 e. The molecule has 3 amide bonds. The van der Waals surface area contributed by atoms with Gasteiger partial charge >= 0.3 is 5.97 Å². The minimum atomic E-state index is -1.22. The molecule has 13 N–H and O–H groups in total. The highest BCUT2D eigenvalue weighted by atomic mass is 16.4. The van der Waals surface area contributed by atoms with Gasteiger partial charge in [0.05, 0.1) is 6.04 Å². The highest BCUT2D eigenvalue weighted by Gasteiger charge is 2.37. The average Bonchev–Trinajstić information content (AvgIpc) is 3.27. The summed E-state index contributed by atoms with van der Waals surface area (Å²) in [6.45, 7) is 2.22. The van der Waals surface area contributed by atoms with Crippen LogP contribution >= 0.6 is 0 Å². The topological polar surface area (TPSA) is 271 Å². The Balaban J connectivity index is 2.82. The van der Waals surface area contributed by atoms with E-state index in [1.165, 1.54) is 11.8 Å². The number of amides is 3. The number of nitrogens with one attached hydrogen (secondary N) is 2. The van der Waals surface area contributed by atoms with Crippen molar-refractivity contribution in [2.75, 3.05) is 19.6 Å². The van der Waals surface area contributed by atoms with Crippen LogP contribution in [0, 0.1) is 0 Å². The van der Waals surface area contributed by atoms with Crippen LogP contribution in [-0.4, -0.2) is 89.4 Å². The quantitative estimate of drug-likeness (QED) is 0.0664. The van der Waals surface area contributed by atoms with Crippen LogP contribution in [-0.2, 0) is 19.2 Å². The third-order valence-electron chi connectivity index (χ3n) is 5.43. The van der Waals surface area contributed by atoms with Gasteiger partial charge in [0.25, 0.3) is 0 Å². The van der Waals surface area contributed by atoms with Gasteiger partial charge in [-0.25, -0.2) is 0 Å². The highest BCUT2D eigenvalue weighted by Crippen LogP contribution is 2.19. The van der Waals surface area contributed by atoms with E-state index in [1.54, 1.807) is 0 Å². The highest BCUT2D eigenvalue weighted by molar-refractivity contribution is 5.94. The van der Waals surface area contributed by atoms with E-state index >= 15 is 0 Å². The predicted molar refractivity (Wildman–Crippen MR) is 130 cm³/mol. The second-order valence-electron chi connectivity index (χ2n) is 8.32. The largest absolute Gasteiger partial charge is 0.480 e. The molecule has 0 bridgehead atoms. The second kappa shape index (κ2) is 14.6. The van der Waals surface area contributed by atoms with Crippen molar-refractivity contribution in [1.82, 2.24) is 15.5 Å². The van der Waals surface area contributed by atoms with Crippen molar-refractivity contribution in [3.63, 3.8) is 0 Å². The molecule has 15 nitrogen and oxygen atoms in total. The minimum absolute atomic E-state index is 0.0455. The summed E-state index contributed by atoms with van der Waals surface area (Å²) in [5, 5.41) is 14.1. The van der Waals surface area contributed by atoms with Gasteiger partial charge in [0.2, 0.25) is 17.7 Å². The number of hydrogen-bond acceptors (Lipinski definition) is 7. The van der Waals surface area contributed by atoms with Crippen molar-refractivity contribution in [3.8, 4) is 0 Å². The first-order valence-corrected chi connectivity index (χ1v) is 11.4. The number of aliphatic carboxylic acids is 1. The maximum absolute atomic E-state index is 13.0. The fourth-order valence-electron chi connectivity index (χ4n) is 3.57. The van der Waals surface area contributed by atoms with E-state index in [2.05, 4.69) is 20.6 Å². The summed E-state index contributed by atoms with van der Waals surface area (Å²) in [7, 11) is 0. The molecule has 15 heteroatoms. The molecule has 0 aromatic rings. The van der Waals surface area contributed by atoms with Gasteiger partial charge in [-0.2, -0.15) is 0 Å². The number of carboxylic acid groups (broad SMARTS) is 1. The van der Waals surface area contributed by atoms with Gasteiger partial charge in [0.1, 0.15) is 18.1 Å². The van der Waals surface area contributed by atoms with Gasteiger partial charge < -0.3 is 49.3 Å². The zero-order valence-corrected chi connectivity index (χ0v) is 20.0. The second-order valence-corrected chi connectivity index (χ2v) is 8.32. The van der Waals surface area contributed by atoms with Crippen LogP contribution in [0.5, 0.6) is 0 Å². The molecule has 198 valence electrons. The van der Waals surface area contributed by atoms with E-state index in [0.29, 0.717) is 45.2 Å². The van der Waals surface area contributed by atoms with E-state index in [1.807, 2.05) is 0 Å². The predicted octanol–water partition coefficient (Wildman–Crippen LogP) is -3.51. The molecule has 1 fully saturated rings. The molecule has 0 aliphatic carbocycles. The molecular formula is C20H38N10O5. The van der Waals surface area contributed by atoms with Gasteiger partial charge in [0.15, 0.2) is 11.9 Å². The van der Waals surface area contributed by atoms with Crippen molar-refractivity contribution in [2.24, 2.45) is 38.7 Å². The lowest BCUT2D eigenvalue weighted by molar-refractivity contribution is -0.142. The first-order valence-electron chi connectivity index (χ1n) is 11.4. The molecule has 35 heavy (non-hydrogen) atoms. The number of carbonyl (C=O) groups excluding carboxylic acids is 3. The van der Waals surface area contributed by atoms with Crippen LogP contribution in [0.4, 0.5) is 0 Å². The first-order chi connectivity index (χ1) is 16.4. The molecule has 0 spiro atoms. The lowest BCUT2D eigenvalue weighted by Crippen LogP contribution is -2.56. The van der Waals surface area contributed by atoms with Gasteiger partial charge in [-0.05, 0) is 45.4 Å². The van der Waals surface area contributed by atoms with E-state index in [0.717, 1.165) is 0 Å². The zero-order valence-electron chi connectivity index (χ0n) is 20.0. The number of hydrogen-bond donors (Lipinski definition) is 8. The van der Waals surface area contributed by atoms with Crippen LogP contribution in [0.3, 0.4) is 0 Å². The molecule has 0 saturated carbocycles. The number of nitrogens with zero attached hydrogens (tertiary/aromatic N) is 3.